The quantitative estimate of drug-likeness (QED) is 0.653. The molecule has 0 radical (unpaired) electrons. The lowest BCUT2D eigenvalue weighted by atomic mass is 9.98. The molecule has 174 valence electrons. The van der Waals surface area contributed by atoms with E-state index < -0.39 is 10.2 Å². The van der Waals surface area contributed by atoms with E-state index in [1.165, 1.54) is 4.31 Å². The summed E-state index contributed by atoms with van der Waals surface area (Å²) in [6, 6.07) is 5.57. The van der Waals surface area contributed by atoms with E-state index in [2.05, 4.69) is 12.2 Å². The lowest BCUT2D eigenvalue weighted by Gasteiger charge is -2.37. The standard InChI is InChI=1S/C22H35N3O5S/c1-4-30-20-8-7-18(14-21(20)29-3)15-23-22(26)19-6-5-11-25(16-19)31(27,28)24-12-9-17(2)10-13-24/h7-8,14,17,19H,4-6,9-13,15-16H2,1-3H3,(H,23,26)/t19-/m0/s1. The van der Waals surface area contributed by atoms with Gasteiger partial charge in [-0.15, -0.1) is 0 Å². The number of benzene rings is 1. The fraction of sp³-hybridized carbons (Fsp3) is 0.682. The number of nitrogens with one attached hydrogen (secondary N) is 1. The maximum absolute atomic E-state index is 13.0. The fourth-order valence-electron chi connectivity index (χ4n) is 4.18. The molecule has 2 fully saturated rings. The predicted molar refractivity (Wildman–Crippen MR) is 119 cm³/mol. The number of methoxy groups -OCH3 is 1. The van der Waals surface area contributed by atoms with Gasteiger partial charge in [0.1, 0.15) is 0 Å². The second-order valence-corrected chi connectivity index (χ2v) is 10.4. The van der Waals surface area contributed by atoms with Crippen LogP contribution in [0.4, 0.5) is 0 Å². The molecule has 0 saturated carbocycles. The minimum absolute atomic E-state index is 0.111. The monoisotopic (exact) mass is 453 g/mol. The van der Waals surface area contributed by atoms with Crippen LogP contribution in [0.5, 0.6) is 11.5 Å². The number of carbonyl (C=O) groups excluding carboxylic acids is 1. The molecule has 8 nitrogen and oxygen atoms in total. The van der Waals surface area contributed by atoms with Crippen molar-refractivity contribution in [2.45, 2.75) is 46.1 Å². The minimum Gasteiger partial charge on any atom is -0.493 e. The molecular formula is C22H35N3O5S. The molecule has 2 aliphatic heterocycles. The van der Waals surface area contributed by atoms with Crippen molar-refractivity contribution in [1.82, 2.24) is 13.9 Å². The Balaban J connectivity index is 1.57. The Labute approximate surface area is 186 Å². The number of hydrogen-bond donors (Lipinski definition) is 1. The van der Waals surface area contributed by atoms with Crippen LogP contribution in [0.2, 0.25) is 0 Å². The first-order valence-electron chi connectivity index (χ1n) is 11.2. The molecule has 1 aromatic carbocycles. The van der Waals surface area contributed by atoms with E-state index >= 15 is 0 Å². The van der Waals surface area contributed by atoms with Crippen LogP contribution in [0.1, 0.15) is 45.1 Å². The van der Waals surface area contributed by atoms with Gasteiger partial charge in [-0.1, -0.05) is 13.0 Å². The molecule has 1 aromatic rings. The second kappa shape index (κ2) is 10.7. The fourth-order valence-corrected chi connectivity index (χ4v) is 5.90. The summed E-state index contributed by atoms with van der Waals surface area (Å²) in [7, 11) is -1.92. The SMILES string of the molecule is CCOc1ccc(CNC(=O)[C@H]2CCCN(S(=O)(=O)N3CCC(C)CC3)C2)cc1OC. The van der Waals surface area contributed by atoms with Crippen molar-refractivity contribution < 1.29 is 22.7 Å². The summed E-state index contributed by atoms with van der Waals surface area (Å²) in [5.74, 6) is 1.41. The molecule has 2 heterocycles. The molecule has 2 saturated heterocycles. The Morgan fingerprint density at radius 1 is 1.13 bits per heavy atom. The predicted octanol–water partition coefficient (Wildman–Crippen LogP) is 2.40. The molecule has 2 aliphatic rings. The Kier molecular flexibility index (Phi) is 8.18. The summed E-state index contributed by atoms with van der Waals surface area (Å²) in [5.41, 5.74) is 0.899. The first-order chi connectivity index (χ1) is 14.8. The van der Waals surface area contributed by atoms with Crippen LogP contribution in [-0.2, 0) is 21.5 Å². The number of carbonyl (C=O) groups is 1. The Morgan fingerprint density at radius 3 is 2.55 bits per heavy atom. The molecule has 1 atom stereocenters. The van der Waals surface area contributed by atoms with Gasteiger partial charge in [0, 0.05) is 32.7 Å². The van der Waals surface area contributed by atoms with Crippen LogP contribution < -0.4 is 14.8 Å². The summed E-state index contributed by atoms with van der Waals surface area (Å²) in [6.07, 6.45) is 3.17. The molecule has 31 heavy (non-hydrogen) atoms. The van der Waals surface area contributed by atoms with Crippen molar-refractivity contribution in [3.05, 3.63) is 23.8 Å². The zero-order valence-electron chi connectivity index (χ0n) is 18.8. The third-order valence-corrected chi connectivity index (χ3v) is 8.15. The van der Waals surface area contributed by atoms with Gasteiger partial charge in [0.05, 0.1) is 19.6 Å². The Hall–Kier alpha value is -1.84. The number of hydrogen-bond acceptors (Lipinski definition) is 5. The van der Waals surface area contributed by atoms with Gasteiger partial charge in [-0.25, -0.2) is 0 Å². The Morgan fingerprint density at radius 2 is 1.87 bits per heavy atom. The summed E-state index contributed by atoms with van der Waals surface area (Å²) in [4.78, 5) is 12.8. The largest absolute Gasteiger partial charge is 0.493 e. The van der Waals surface area contributed by atoms with Crippen LogP contribution in [0.25, 0.3) is 0 Å². The van der Waals surface area contributed by atoms with E-state index in [-0.39, 0.29) is 18.4 Å². The zero-order valence-corrected chi connectivity index (χ0v) is 19.6. The molecule has 3 rings (SSSR count). The normalized spacial score (nSPS) is 21.6. The first-order valence-corrected chi connectivity index (χ1v) is 12.6. The molecule has 0 bridgehead atoms. The lowest BCUT2D eigenvalue weighted by molar-refractivity contribution is -0.126. The molecular weight excluding hydrogens is 418 g/mol. The topological polar surface area (TPSA) is 88.2 Å². The highest BCUT2D eigenvalue weighted by Crippen LogP contribution is 2.28. The Bertz CT molecular complexity index is 853. The van der Waals surface area contributed by atoms with Gasteiger partial charge in [-0.2, -0.15) is 17.0 Å². The van der Waals surface area contributed by atoms with Gasteiger partial charge in [0.2, 0.25) is 5.91 Å². The number of nitrogens with zero attached hydrogens (tertiary/aromatic N) is 2. The summed E-state index contributed by atoms with van der Waals surface area (Å²) < 4.78 is 40.1. The second-order valence-electron chi connectivity index (χ2n) is 8.42. The number of amides is 1. The van der Waals surface area contributed by atoms with Crippen molar-refractivity contribution in [2.24, 2.45) is 11.8 Å². The molecule has 1 amide bonds. The summed E-state index contributed by atoms with van der Waals surface area (Å²) in [6.45, 7) is 6.82. The number of ether oxygens (including phenoxy) is 2. The van der Waals surface area contributed by atoms with Crippen LogP contribution in [0.15, 0.2) is 18.2 Å². The number of rotatable bonds is 8. The van der Waals surface area contributed by atoms with Gasteiger partial charge in [-0.05, 0) is 56.2 Å². The molecule has 9 heteroatoms. The molecule has 0 aliphatic carbocycles. The molecule has 0 spiro atoms. The highest BCUT2D eigenvalue weighted by atomic mass is 32.2. The molecule has 0 aromatic heterocycles. The van der Waals surface area contributed by atoms with Crippen LogP contribution >= 0.6 is 0 Å². The van der Waals surface area contributed by atoms with Crippen LogP contribution in [0.3, 0.4) is 0 Å². The van der Waals surface area contributed by atoms with Crippen molar-refractivity contribution in [3.8, 4) is 11.5 Å². The minimum atomic E-state index is -3.51. The van der Waals surface area contributed by atoms with Crippen molar-refractivity contribution in [3.63, 3.8) is 0 Å². The van der Waals surface area contributed by atoms with E-state index in [0.29, 0.717) is 63.0 Å². The highest BCUT2D eigenvalue weighted by Gasteiger charge is 2.36. The first kappa shape index (κ1) is 23.8. The van der Waals surface area contributed by atoms with Gasteiger partial charge in [-0.3, -0.25) is 4.79 Å². The van der Waals surface area contributed by atoms with E-state index in [0.717, 1.165) is 18.4 Å². The smallest absolute Gasteiger partial charge is 0.281 e. The maximum Gasteiger partial charge on any atom is 0.281 e. The third-order valence-electron chi connectivity index (χ3n) is 6.14. The summed E-state index contributed by atoms with van der Waals surface area (Å²) >= 11 is 0. The highest BCUT2D eigenvalue weighted by molar-refractivity contribution is 7.86. The van der Waals surface area contributed by atoms with Gasteiger partial charge >= 0.3 is 0 Å². The van der Waals surface area contributed by atoms with E-state index in [4.69, 9.17) is 9.47 Å². The summed E-state index contributed by atoms with van der Waals surface area (Å²) in [5, 5.41) is 2.96. The van der Waals surface area contributed by atoms with Crippen molar-refractivity contribution >= 4 is 16.1 Å². The van der Waals surface area contributed by atoms with Crippen molar-refractivity contribution in [2.75, 3.05) is 39.9 Å². The maximum atomic E-state index is 13.0. The average molecular weight is 454 g/mol. The average Bonchev–Trinajstić information content (AvgIpc) is 2.78. The molecule has 0 unspecified atom stereocenters. The van der Waals surface area contributed by atoms with E-state index in [1.54, 1.807) is 11.4 Å². The third kappa shape index (κ3) is 5.90. The van der Waals surface area contributed by atoms with Gasteiger partial charge < -0.3 is 14.8 Å². The molecule has 1 N–H and O–H groups in total. The van der Waals surface area contributed by atoms with Crippen LogP contribution in [0, 0.1) is 11.8 Å². The van der Waals surface area contributed by atoms with E-state index in [9.17, 15) is 13.2 Å². The van der Waals surface area contributed by atoms with Crippen LogP contribution in [-0.4, -0.2) is 62.8 Å². The van der Waals surface area contributed by atoms with Gasteiger partial charge in [0.15, 0.2) is 11.5 Å². The van der Waals surface area contributed by atoms with Crippen molar-refractivity contribution in [1.29, 1.82) is 0 Å². The van der Waals surface area contributed by atoms with E-state index in [1.807, 2.05) is 25.1 Å². The van der Waals surface area contributed by atoms with Gasteiger partial charge in [0.25, 0.3) is 10.2 Å². The lowest BCUT2D eigenvalue weighted by Crippen LogP contribution is -2.52. The number of piperidine rings is 2. The zero-order chi connectivity index (χ0) is 22.4.